The number of thiazole rings is 1. The molecule has 0 saturated carbocycles. The number of primary sulfonamides is 1. The number of amides is 1. The molecule has 4 aromatic rings. The number of carbonyl (C=O) groups is 1. The molecule has 3 N–H and O–H groups in total. The average molecular weight is 427 g/mol. The molecule has 0 atom stereocenters. The van der Waals surface area contributed by atoms with Crippen LogP contribution in [0.15, 0.2) is 71.1 Å². The quantitative estimate of drug-likeness (QED) is 0.494. The second-order valence-electron chi connectivity index (χ2n) is 6.46. The number of hydrogen-bond acceptors (Lipinski definition) is 5. The van der Waals surface area contributed by atoms with Crippen LogP contribution < -0.4 is 10.5 Å². The molecule has 148 valence electrons. The molecular weight excluding hydrogens is 408 g/mol. The summed E-state index contributed by atoms with van der Waals surface area (Å²) in [5.74, 6) is -0.186. The van der Waals surface area contributed by atoms with Gasteiger partial charge in [0, 0.05) is 23.7 Å². The number of benzene rings is 2. The Balaban J connectivity index is 1.42. The number of nitrogens with zero attached hydrogens (tertiary/aromatic N) is 2. The third-order valence-electron chi connectivity index (χ3n) is 4.46. The summed E-state index contributed by atoms with van der Waals surface area (Å²) in [6.07, 6.45) is 2.44. The molecule has 2 aromatic heterocycles. The first-order valence-electron chi connectivity index (χ1n) is 8.84. The Bertz CT molecular complexity index is 1260. The zero-order chi connectivity index (χ0) is 20.4. The largest absolute Gasteiger partial charge is 0.350 e. The topological polar surface area (TPSA) is 107 Å². The Hall–Kier alpha value is -3.01. The molecule has 0 aliphatic rings. The van der Waals surface area contributed by atoms with Crippen LogP contribution in [0.2, 0.25) is 0 Å². The van der Waals surface area contributed by atoms with Gasteiger partial charge in [-0.05, 0) is 24.1 Å². The monoisotopic (exact) mass is 426 g/mol. The average Bonchev–Trinajstić information content (AvgIpc) is 3.29. The molecule has 0 bridgehead atoms. The van der Waals surface area contributed by atoms with Crippen LogP contribution in [-0.4, -0.2) is 30.3 Å². The maximum absolute atomic E-state index is 12.6. The fourth-order valence-corrected chi connectivity index (χ4v) is 4.32. The number of sulfonamides is 1. The van der Waals surface area contributed by atoms with Gasteiger partial charge in [0.15, 0.2) is 4.96 Å². The Morgan fingerprint density at radius 2 is 1.83 bits per heavy atom. The van der Waals surface area contributed by atoms with E-state index in [-0.39, 0.29) is 10.8 Å². The molecule has 0 unspecified atom stereocenters. The van der Waals surface area contributed by atoms with E-state index in [9.17, 15) is 13.2 Å². The minimum Gasteiger partial charge on any atom is -0.350 e. The van der Waals surface area contributed by atoms with E-state index in [1.165, 1.54) is 23.5 Å². The van der Waals surface area contributed by atoms with Gasteiger partial charge in [-0.25, -0.2) is 18.5 Å². The zero-order valence-corrected chi connectivity index (χ0v) is 16.9. The van der Waals surface area contributed by atoms with E-state index in [0.717, 1.165) is 21.8 Å². The Kier molecular flexibility index (Phi) is 5.18. The molecule has 9 heteroatoms. The molecule has 0 aliphatic carbocycles. The number of nitrogens with one attached hydrogen (secondary N) is 1. The van der Waals surface area contributed by atoms with Crippen molar-refractivity contribution in [1.29, 1.82) is 0 Å². The molecule has 0 spiro atoms. The second kappa shape index (κ2) is 7.78. The zero-order valence-electron chi connectivity index (χ0n) is 15.3. The standard InChI is InChI=1S/C20H18N4O3S2/c21-29(26,27)16-8-6-14(7-9-16)10-11-22-19(25)18-13-28-20-23-17(12-24(18)20)15-4-2-1-3-5-15/h1-9,12-13H,10-11H2,(H,22,25)(H2,21,26,27). The summed E-state index contributed by atoms with van der Waals surface area (Å²) in [5.41, 5.74) is 3.26. The van der Waals surface area contributed by atoms with Crippen molar-refractivity contribution < 1.29 is 13.2 Å². The minimum atomic E-state index is -3.70. The number of rotatable bonds is 6. The number of imidazole rings is 1. The Morgan fingerprint density at radius 1 is 1.10 bits per heavy atom. The summed E-state index contributed by atoms with van der Waals surface area (Å²) >= 11 is 1.41. The highest BCUT2D eigenvalue weighted by atomic mass is 32.2. The van der Waals surface area contributed by atoms with Crippen LogP contribution in [0.1, 0.15) is 16.1 Å². The van der Waals surface area contributed by atoms with E-state index >= 15 is 0 Å². The van der Waals surface area contributed by atoms with Crippen LogP contribution >= 0.6 is 11.3 Å². The van der Waals surface area contributed by atoms with Crippen LogP contribution in [0.4, 0.5) is 0 Å². The van der Waals surface area contributed by atoms with Gasteiger partial charge in [0.1, 0.15) is 5.69 Å². The van der Waals surface area contributed by atoms with Gasteiger partial charge in [-0.15, -0.1) is 11.3 Å². The van der Waals surface area contributed by atoms with Crippen LogP contribution in [0.3, 0.4) is 0 Å². The van der Waals surface area contributed by atoms with Gasteiger partial charge >= 0.3 is 0 Å². The van der Waals surface area contributed by atoms with Gasteiger partial charge in [0.2, 0.25) is 10.0 Å². The van der Waals surface area contributed by atoms with Crippen molar-refractivity contribution in [2.75, 3.05) is 6.54 Å². The van der Waals surface area contributed by atoms with Gasteiger partial charge in [0.25, 0.3) is 5.91 Å². The van der Waals surface area contributed by atoms with E-state index in [1.807, 2.05) is 36.5 Å². The third-order valence-corrected chi connectivity index (χ3v) is 6.23. The Labute approximate surface area is 171 Å². The van der Waals surface area contributed by atoms with Gasteiger partial charge < -0.3 is 5.32 Å². The lowest BCUT2D eigenvalue weighted by molar-refractivity contribution is 0.0948. The van der Waals surface area contributed by atoms with Crippen LogP contribution in [0.5, 0.6) is 0 Å². The molecule has 29 heavy (non-hydrogen) atoms. The molecule has 0 aliphatic heterocycles. The van der Waals surface area contributed by atoms with E-state index < -0.39 is 10.0 Å². The first kappa shape index (κ1) is 19.3. The highest BCUT2D eigenvalue weighted by Crippen LogP contribution is 2.23. The van der Waals surface area contributed by atoms with Gasteiger partial charge in [-0.1, -0.05) is 42.5 Å². The molecule has 0 radical (unpaired) electrons. The van der Waals surface area contributed by atoms with E-state index in [1.54, 1.807) is 21.9 Å². The van der Waals surface area contributed by atoms with Crippen molar-refractivity contribution in [3.05, 3.63) is 77.4 Å². The molecular formula is C20H18N4O3S2. The van der Waals surface area contributed by atoms with Crippen LogP contribution in [0.25, 0.3) is 16.2 Å². The van der Waals surface area contributed by atoms with Gasteiger partial charge in [0.05, 0.1) is 10.6 Å². The van der Waals surface area contributed by atoms with Gasteiger partial charge in [-0.2, -0.15) is 0 Å². The van der Waals surface area contributed by atoms with Crippen molar-refractivity contribution in [2.45, 2.75) is 11.3 Å². The predicted octanol–water partition coefficient (Wildman–Crippen LogP) is 2.68. The van der Waals surface area contributed by atoms with Crippen molar-refractivity contribution >= 4 is 32.2 Å². The van der Waals surface area contributed by atoms with Gasteiger partial charge in [-0.3, -0.25) is 9.20 Å². The van der Waals surface area contributed by atoms with Crippen molar-refractivity contribution in [3.8, 4) is 11.3 Å². The summed E-state index contributed by atoms with van der Waals surface area (Å²) in [4.78, 5) is 18.0. The fourth-order valence-electron chi connectivity index (χ4n) is 2.95. The van der Waals surface area contributed by atoms with Crippen LogP contribution in [0, 0.1) is 0 Å². The summed E-state index contributed by atoms with van der Waals surface area (Å²) in [6, 6.07) is 16.1. The summed E-state index contributed by atoms with van der Waals surface area (Å²) in [5, 5.41) is 9.77. The highest BCUT2D eigenvalue weighted by molar-refractivity contribution is 7.89. The number of nitrogens with two attached hydrogens (primary N) is 1. The lowest BCUT2D eigenvalue weighted by Crippen LogP contribution is -2.26. The predicted molar refractivity (Wildman–Crippen MR) is 112 cm³/mol. The molecule has 7 nitrogen and oxygen atoms in total. The molecule has 2 heterocycles. The molecule has 0 saturated heterocycles. The lowest BCUT2D eigenvalue weighted by Gasteiger charge is -2.05. The minimum absolute atomic E-state index is 0.0697. The lowest BCUT2D eigenvalue weighted by atomic mass is 10.1. The fraction of sp³-hybridized carbons (Fsp3) is 0.100. The summed E-state index contributed by atoms with van der Waals surface area (Å²) in [6.45, 7) is 0.422. The highest BCUT2D eigenvalue weighted by Gasteiger charge is 2.15. The number of hydrogen-bond donors (Lipinski definition) is 2. The molecule has 0 fully saturated rings. The smallest absolute Gasteiger partial charge is 0.269 e. The molecule has 1 amide bonds. The van der Waals surface area contributed by atoms with Crippen molar-refractivity contribution in [3.63, 3.8) is 0 Å². The van der Waals surface area contributed by atoms with Crippen LogP contribution in [-0.2, 0) is 16.4 Å². The maximum atomic E-state index is 12.6. The normalized spacial score (nSPS) is 11.6. The SMILES string of the molecule is NS(=O)(=O)c1ccc(CCNC(=O)c2csc3nc(-c4ccccc4)cn23)cc1. The third kappa shape index (κ3) is 4.21. The summed E-state index contributed by atoms with van der Waals surface area (Å²) < 4.78 is 24.4. The van der Waals surface area contributed by atoms with E-state index in [0.29, 0.717) is 18.7 Å². The van der Waals surface area contributed by atoms with Crippen molar-refractivity contribution in [1.82, 2.24) is 14.7 Å². The summed E-state index contributed by atoms with van der Waals surface area (Å²) in [7, 11) is -3.70. The first-order chi connectivity index (χ1) is 13.9. The second-order valence-corrected chi connectivity index (χ2v) is 8.86. The first-order valence-corrected chi connectivity index (χ1v) is 11.3. The number of carbonyl (C=O) groups excluding carboxylic acids is 1. The number of aromatic nitrogens is 2. The van der Waals surface area contributed by atoms with Crippen molar-refractivity contribution in [2.24, 2.45) is 5.14 Å². The number of fused-ring (bicyclic) bond motifs is 1. The molecule has 4 rings (SSSR count). The Morgan fingerprint density at radius 3 is 2.52 bits per heavy atom. The van der Waals surface area contributed by atoms with E-state index in [2.05, 4.69) is 10.3 Å². The molecule has 2 aromatic carbocycles. The maximum Gasteiger partial charge on any atom is 0.269 e. The van der Waals surface area contributed by atoms with E-state index in [4.69, 9.17) is 5.14 Å².